The molecule has 0 fully saturated rings. The van der Waals surface area contributed by atoms with Crippen LogP contribution < -0.4 is 5.73 Å². The molecule has 7 nitrogen and oxygen atoms in total. The highest BCUT2D eigenvalue weighted by molar-refractivity contribution is 5.92. The van der Waals surface area contributed by atoms with Crippen LogP contribution in [0.1, 0.15) is 10.4 Å². The highest BCUT2D eigenvalue weighted by atomic mass is 19.4. The molecule has 1 aromatic heterocycles. The van der Waals surface area contributed by atoms with Crippen molar-refractivity contribution in [2.24, 2.45) is 5.73 Å². The molecule has 0 bridgehead atoms. The summed E-state index contributed by atoms with van der Waals surface area (Å²) in [4.78, 5) is 31.9. The fraction of sp³-hybridized carbons (Fsp3) is 0.200. The monoisotopic (exact) mass is 350 g/mol. The molecule has 1 aromatic rings. The summed E-state index contributed by atoms with van der Waals surface area (Å²) in [6.07, 6.45) is -7.14. The standard InChI is InChI=1S/C6H6N2O.2C2HF3O2/c7-6(9)5-2-1-3-8-4-5;2*3-2(4,5)1(6)7/h1-4H,(H2,7,9);2*(H,6,7). The van der Waals surface area contributed by atoms with E-state index in [1.54, 1.807) is 18.3 Å². The van der Waals surface area contributed by atoms with Crippen LogP contribution in [-0.2, 0) is 9.59 Å². The van der Waals surface area contributed by atoms with Crippen molar-refractivity contribution in [3.05, 3.63) is 30.1 Å². The number of amides is 1. The van der Waals surface area contributed by atoms with Gasteiger partial charge in [0.25, 0.3) is 0 Å². The number of carboxylic acids is 2. The first kappa shape index (κ1) is 22.4. The van der Waals surface area contributed by atoms with Crippen LogP contribution in [0.2, 0.25) is 0 Å². The fourth-order valence-electron chi connectivity index (χ4n) is 0.509. The quantitative estimate of drug-likeness (QED) is 0.657. The number of aromatic nitrogens is 1. The van der Waals surface area contributed by atoms with Crippen LogP contribution in [0.25, 0.3) is 0 Å². The van der Waals surface area contributed by atoms with E-state index in [1.165, 1.54) is 6.20 Å². The molecule has 13 heteroatoms. The number of rotatable bonds is 1. The van der Waals surface area contributed by atoms with E-state index in [1.807, 2.05) is 0 Å². The van der Waals surface area contributed by atoms with E-state index in [2.05, 4.69) is 4.98 Å². The normalized spacial score (nSPS) is 10.3. The van der Waals surface area contributed by atoms with E-state index >= 15 is 0 Å². The zero-order chi connectivity index (χ0) is 18.8. The summed E-state index contributed by atoms with van der Waals surface area (Å²) in [5.41, 5.74) is 5.38. The number of pyridine rings is 1. The number of hydrogen-bond acceptors (Lipinski definition) is 4. The maximum Gasteiger partial charge on any atom is 0.490 e. The van der Waals surface area contributed by atoms with Gasteiger partial charge in [0, 0.05) is 12.4 Å². The summed E-state index contributed by atoms with van der Waals surface area (Å²) in [5.74, 6) is -5.96. The number of carbonyl (C=O) groups excluding carboxylic acids is 1. The minimum absolute atomic E-state index is 0.442. The Kier molecular flexibility index (Phi) is 8.99. The zero-order valence-electron chi connectivity index (χ0n) is 10.7. The predicted molar refractivity (Wildman–Crippen MR) is 60.1 cm³/mol. The molecule has 4 N–H and O–H groups in total. The summed E-state index contributed by atoms with van der Waals surface area (Å²) in [6, 6.07) is 3.29. The zero-order valence-corrected chi connectivity index (χ0v) is 10.7. The Bertz CT molecular complexity index is 505. The maximum atomic E-state index is 10.6. The molecule has 1 amide bonds. The molecule has 0 saturated carbocycles. The van der Waals surface area contributed by atoms with Gasteiger partial charge in [0.2, 0.25) is 5.91 Å². The molecule has 0 radical (unpaired) electrons. The Morgan fingerprint density at radius 3 is 1.43 bits per heavy atom. The van der Waals surface area contributed by atoms with Gasteiger partial charge in [-0.05, 0) is 12.1 Å². The van der Waals surface area contributed by atoms with Crippen molar-refractivity contribution < 1.29 is 50.9 Å². The van der Waals surface area contributed by atoms with Crippen molar-refractivity contribution in [1.29, 1.82) is 0 Å². The lowest BCUT2D eigenvalue weighted by molar-refractivity contribution is -0.193. The van der Waals surface area contributed by atoms with Crippen LogP contribution in [0.4, 0.5) is 26.3 Å². The molecule has 130 valence electrons. The molecular formula is C10H8F6N2O5. The molecule has 1 heterocycles. The summed E-state index contributed by atoms with van der Waals surface area (Å²) in [5, 5.41) is 14.2. The summed E-state index contributed by atoms with van der Waals surface area (Å²) >= 11 is 0. The molecule has 0 unspecified atom stereocenters. The highest BCUT2D eigenvalue weighted by Crippen LogP contribution is 2.13. The lowest BCUT2D eigenvalue weighted by atomic mass is 10.3. The fourth-order valence-corrected chi connectivity index (χ4v) is 0.509. The Morgan fingerprint density at radius 2 is 1.30 bits per heavy atom. The number of halogens is 6. The van der Waals surface area contributed by atoms with Gasteiger partial charge in [-0.1, -0.05) is 0 Å². The smallest absolute Gasteiger partial charge is 0.475 e. The van der Waals surface area contributed by atoms with Gasteiger partial charge in [-0.25, -0.2) is 9.59 Å². The molecule has 0 spiro atoms. The number of alkyl halides is 6. The number of carbonyl (C=O) groups is 3. The number of hydrogen-bond donors (Lipinski definition) is 3. The number of nitrogens with two attached hydrogens (primary N) is 1. The third kappa shape index (κ3) is 12.6. The van der Waals surface area contributed by atoms with Gasteiger partial charge in [0.05, 0.1) is 5.56 Å². The molecule has 0 atom stereocenters. The number of nitrogens with zero attached hydrogens (tertiary/aromatic N) is 1. The largest absolute Gasteiger partial charge is 0.490 e. The third-order valence-corrected chi connectivity index (χ3v) is 1.43. The van der Waals surface area contributed by atoms with Crippen molar-refractivity contribution in [3.8, 4) is 0 Å². The van der Waals surface area contributed by atoms with Gasteiger partial charge >= 0.3 is 24.3 Å². The van der Waals surface area contributed by atoms with Gasteiger partial charge in [0.15, 0.2) is 0 Å². The summed E-state index contributed by atoms with van der Waals surface area (Å²) in [7, 11) is 0. The second kappa shape index (κ2) is 9.22. The minimum Gasteiger partial charge on any atom is -0.475 e. The van der Waals surface area contributed by atoms with Crippen molar-refractivity contribution in [1.82, 2.24) is 4.98 Å². The Labute approximate surface area is 123 Å². The first-order valence-corrected chi connectivity index (χ1v) is 4.99. The molecular weight excluding hydrogens is 342 g/mol. The second-order valence-electron chi connectivity index (χ2n) is 3.21. The second-order valence-corrected chi connectivity index (χ2v) is 3.21. The highest BCUT2D eigenvalue weighted by Gasteiger charge is 2.38. The predicted octanol–water partition coefficient (Wildman–Crippen LogP) is 1.45. The van der Waals surface area contributed by atoms with Crippen molar-refractivity contribution in [2.75, 3.05) is 0 Å². The van der Waals surface area contributed by atoms with E-state index in [4.69, 9.17) is 25.5 Å². The average molecular weight is 350 g/mol. The summed E-state index contributed by atoms with van der Waals surface area (Å²) in [6.45, 7) is 0. The Morgan fingerprint density at radius 1 is 0.957 bits per heavy atom. The number of primary amides is 1. The van der Waals surface area contributed by atoms with Gasteiger partial charge < -0.3 is 15.9 Å². The van der Waals surface area contributed by atoms with Crippen LogP contribution in [0, 0.1) is 0 Å². The molecule has 0 aliphatic carbocycles. The lowest BCUT2D eigenvalue weighted by Gasteiger charge is -1.93. The van der Waals surface area contributed by atoms with Gasteiger partial charge in [0.1, 0.15) is 0 Å². The van der Waals surface area contributed by atoms with E-state index in [-0.39, 0.29) is 0 Å². The van der Waals surface area contributed by atoms with Crippen LogP contribution in [0.5, 0.6) is 0 Å². The van der Waals surface area contributed by atoms with Crippen LogP contribution in [0.3, 0.4) is 0 Å². The lowest BCUT2D eigenvalue weighted by Crippen LogP contribution is -2.21. The Hall–Kier alpha value is -2.86. The molecule has 1 rings (SSSR count). The number of carboxylic acid groups (broad SMARTS) is 2. The molecule has 23 heavy (non-hydrogen) atoms. The van der Waals surface area contributed by atoms with Gasteiger partial charge in [-0.3, -0.25) is 9.78 Å². The van der Waals surface area contributed by atoms with Crippen LogP contribution in [0.15, 0.2) is 24.5 Å². The van der Waals surface area contributed by atoms with E-state index in [0.29, 0.717) is 5.56 Å². The van der Waals surface area contributed by atoms with Crippen molar-refractivity contribution in [2.45, 2.75) is 12.4 Å². The Balaban J connectivity index is 0. The van der Waals surface area contributed by atoms with E-state index in [9.17, 15) is 31.1 Å². The van der Waals surface area contributed by atoms with E-state index in [0.717, 1.165) is 0 Å². The van der Waals surface area contributed by atoms with Crippen LogP contribution in [-0.4, -0.2) is 45.4 Å². The molecule has 0 aliphatic heterocycles. The van der Waals surface area contributed by atoms with Crippen molar-refractivity contribution >= 4 is 17.8 Å². The van der Waals surface area contributed by atoms with Crippen LogP contribution >= 0.6 is 0 Å². The SMILES string of the molecule is NC(=O)c1cccnc1.O=C(O)C(F)(F)F.O=C(O)C(F)(F)F. The molecule has 0 aromatic carbocycles. The third-order valence-electron chi connectivity index (χ3n) is 1.43. The average Bonchev–Trinajstić information content (AvgIpc) is 2.38. The first-order valence-electron chi connectivity index (χ1n) is 4.99. The first-order chi connectivity index (χ1) is 10.2. The van der Waals surface area contributed by atoms with E-state index < -0.39 is 30.2 Å². The number of aliphatic carboxylic acids is 2. The summed E-state index contributed by atoms with van der Waals surface area (Å²) < 4.78 is 63.5. The topological polar surface area (TPSA) is 131 Å². The minimum atomic E-state index is -5.08. The van der Waals surface area contributed by atoms with Crippen molar-refractivity contribution in [3.63, 3.8) is 0 Å². The molecule has 0 saturated heterocycles. The van der Waals surface area contributed by atoms with Gasteiger partial charge in [-0.15, -0.1) is 0 Å². The maximum absolute atomic E-state index is 10.6. The van der Waals surface area contributed by atoms with Gasteiger partial charge in [-0.2, -0.15) is 26.3 Å². The molecule has 0 aliphatic rings.